The smallest absolute Gasteiger partial charge is 0.282 e. The highest BCUT2D eigenvalue weighted by molar-refractivity contribution is 7.84. The van der Waals surface area contributed by atoms with E-state index in [0.717, 1.165) is 30.5 Å². The van der Waals surface area contributed by atoms with E-state index in [9.17, 15) is 8.42 Å². The van der Waals surface area contributed by atoms with Crippen molar-refractivity contribution < 1.29 is 12.6 Å². The molecule has 1 aliphatic carbocycles. The van der Waals surface area contributed by atoms with Crippen molar-refractivity contribution in [2.75, 3.05) is 0 Å². The van der Waals surface area contributed by atoms with Gasteiger partial charge in [-0.15, -0.1) is 0 Å². The van der Waals surface area contributed by atoms with E-state index in [1.165, 1.54) is 0 Å². The highest BCUT2D eigenvalue weighted by Crippen LogP contribution is 2.23. The molecule has 0 saturated carbocycles. The van der Waals surface area contributed by atoms with E-state index in [1.54, 1.807) is 0 Å². The molecular formula is C7H11N3O3S. The second kappa shape index (κ2) is 3.34. The van der Waals surface area contributed by atoms with Gasteiger partial charge >= 0.3 is 10.3 Å². The molecule has 1 aromatic rings. The zero-order valence-corrected chi connectivity index (χ0v) is 8.30. The Morgan fingerprint density at radius 3 is 3.00 bits per heavy atom. The van der Waals surface area contributed by atoms with E-state index in [1.807, 2.05) is 0 Å². The Kier molecular flexibility index (Phi) is 2.30. The van der Waals surface area contributed by atoms with Crippen molar-refractivity contribution in [2.24, 2.45) is 5.14 Å². The lowest BCUT2D eigenvalue weighted by molar-refractivity contribution is 0.303. The molecule has 0 amide bonds. The van der Waals surface area contributed by atoms with Crippen LogP contribution in [-0.2, 0) is 33.9 Å². The quantitative estimate of drug-likeness (QED) is 0.721. The molecule has 2 rings (SSSR count). The Morgan fingerprint density at radius 2 is 2.29 bits per heavy atom. The SMILES string of the molecule is NS(=O)(=O)OCc1n[nH]c2c1CCC2. The van der Waals surface area contributed by atoms with Crippen molar-refractivity contribution in [1.82, 2.24) is 10.2 Å². The summed E-state index contributed by atoms with van der Waals surface area (Å²) in [5.41, 5.74) is 2.80. The zero-order chi connectivity index (χ0) is 10.2. The minimum absolute atomic E-state index is 0.0787. The van der Waals surface area contributed by atoms with E-state index in [2.05, 4.69) is 14.4 Å². The first-order chi connectivity index (χ1) is 6.56. The van der Waals surface area contributed by atoms with E-state index in [-0.39, 0.29) is 6.61 Å². The van der Waals surface area contributed by atoms with Crippen molar-refractivity contribution >= 4 is 10.3 Å². The van der Waals surface area contributed by atoms with Crippen LogP contribution in [0.3, 0.4) is 0 Å². The summed E-state index contributed by atoms with van der Waals surface area (Å²) in [6.07, 6.45) is 2.97. The lowest BCUT2D eigenvalue weighted by atomic mass is 10.2. The van der Waals surface area contributed by atoms with Gasteiger partial charge in [0.1, 0.15) is 6.61 Å². The van der Waals surface area contributed by atoms with E-state index < -0.39 is 10.3 Å². The maximum Gasteiger partial charge on any atom is 0.333 e. The van der Waals surface area contributed by atoms with Gasteiger partial charge in [0.2, 0.25) is 0 Å². The monoisotopic (exact) mass is 217 g/mol. The first-order valence-corrected chi connectivity index (χ1v) is 5.75. The van der Waals surface area contributed by atoms with Crippen LogP contribution in [0.5, 0.6) is 0 Å². The molecule has 0 spiro atoms. The lowest BCUT2D eigenvalue weighted by Gasteiger charge is -1.98. The second-order valence-electron chi connectivity index (χ2n) is 3.24. The number of nitrogens with zero attached hydrogens (tertiary/aromatic N) is 1. The van der Waals surface area contributed by atoms with Crippen LogP contribution in [0.2, 0.25) is 0 Å². The van der Waals surface area contributed by atoms with Crippen LogP contribution in [0, 0.1) is 0 Å². The molecule has 0 aromatic carbocycles. The van der Waals surface area contributed by atoms with Gasteiger partial charge in [0.15, 0.2) is 0 Å². The minimum atomic E-state index is -3.87. The number of hydrogen-bond donors (Lipinski definition) is 2. The van der Waals surface area contributed by atoms with Gasteiger partial charge in [0.25, 0.3) is 0 Å². The summed E-state index contributed by atoms with van der Waals surface area (Å²) in [5, 5.41) is 11.5. The highest BCUT2D eigenvalue weighted by Gasteiger charge is 2.19. The van der Waals surface area contributed by atoms with Crippen LogP contribution < -0.4 is 5.14 Å². The molecule has 0 aliphatic heterocycles. The molecule has 14 heavy (non-hydrogen) atoms. The second-order valence-corrected chi connectivity index (χ2v) is 4.46. The van der Waals surface area contributed by atoms with Crippen LogP contribution in [0.1, 0.15) is 23.4 Å². The Bertz CT molecular complexity index is 437. The molecule has 3 N–H and O–H groups in total. The van der Waals surface area contributed by atoms with Gasteiger partial charge in [-0.25, -0.2) is 5.14 Å². The first kappa shape index (κ1) is 9.63. The number of nitrogens with two attached hydrogens (primary N) is 1. The highest BCUT2D eigenvalue weighted by atomic mass is 32.2. The molecule has 0 unspecified atom stereocenters. The molecule has 0 radical (unpaired) electrons. The Hall–Kier alpha value is -0.920. The minimum Gasteiger partial charge on any atom is -0.282 e. The fraction of sp³-hybridized carbons (Fsp3) is 0.571. The number of hydrogen-bond acceptors (Lipinski definition) is 4. The molecule has 0 fully saturated rings. The summed E-state index contributed by atoms with van der Waals surface area (Å²) >= 11 is 0. The van der Waals surface area contributed by atoms with Gasteiger partial charge in [-0.05, 0) is 24.8 Å². The number of aromatic nitrogens is 2. The third-order valence-electron chi connectivity index (χ3n) is 2.25. The summed E-state index contributed by atoms with van der Waals surface area (Å²) in [6.45, 7) is -0.0787. The summed E-state index contributed by atoms with van der Waals surface area (Å²) < 4.78 is 25.6. The number of fused-ring (bicyclic) bond motifs is 1. The van der Waals surface area contributed by atoms with Crippen molar-refractivity contribution in [3.05, 3.63) is 17.0 Å². The largest absolute Gasteiger partial charge is 0.333 e. The van der Waals surface area contributed by atoms with Gasteiger partial charge < -0.3 is 0 Å². The molecule has 7 heteroatoms. The maximum absolute atomic E-state index is 10.5. The van der Waals surface area contributed by atoms with E-state index in [0.29, 0.717) is 5.69 Å². The average Bonchev–Trinajstić information content (AvgIpc) is 2.59. The average molecular weight is 217 g/mol. The maximum atomic E-state index is 10.5. The van der Waals surface area contributed by atoms with Gasteiger partial charge in [-0.1, -0.05) is 0 Å². The fourth-order valence-corrected chi connectivity index (χ4v) is 1.92. The zero-order valence-electron chi connectivity index (χ0n) is 7.49. The third kappa shape index (κ3) is 1.94. The van der Waals surface area contributed by atoms with Crippen LogP contribution in [-0.4, -0.2) is 18.6 Å². The van der Waals surface area contributed by atoms with E-state index >= 15 is 0 Å². The Labute approximate surface area is 81.7 Å². The molecule has 6 nitrogen and oxygen atoms in total. The number of rotatable bonds is 3. The lowest BCUT2D eigenvalue weighted by Crippen LogP contribution is -2.16. The summed E-state index contributed by atoms with van der Waals surface area (Å²) in [7, 11) is -3.87. The molecule has 1 aromatic heterocycles. The summed E-state index contributed by atoms with van der Waals surface area (Å²) in [6, 6.07) is 0. The Balaban J connectivity index is 2.11. The molecule has 0 saturated heterocycles. The predicted octanol–water partition coefficient (Wildman–Crippen LogP) is -0.381. The van der Waals surface area contributed by atoms with Gasteiger partial charge in [-0.2, -0.15) is 13.5 Å². The molecule has 1 aliphatic rings. The number of aromatic amines is 1. The van der Waals surface area contributed by atoms with Crippen molar-refractivity contribution in [2.45, 2.75) is 25.9 Å². The predicted molar refractivity (Wildman–Crippen MR) is 48.5 cm³/mol. The molecule has 1 heterocycles. The summed E-state index contributed by atoms with van der Waals surface area (Å²) in [4.78, 5) is 0. The third-order valence-corrected chi connectivity index (χ3v) is 2.70. The van der Waals surface area contributed by atoms with Crippen LogP contribution >= 0.6 is 0 Å². The van der Waals surface area contributed by atoms with Gasteiger partial charge in [0, 0.05) is 5.69 Å². The van der Waals surface area contributed by atoms with E-state index in [4.69, 9.17) is 5.14 Å². The van der Waals surface area contributed by atoms with Crippen LogP contribution in [0.15, 0.2) is 0 Å². The first-order valence-electron chi connectivity index (χ1n) is 4.28. The van der Waals surface area contributed by atoms with Gasteiger partial charge in [-0.3, -0.25) is 9.28 Å². The summed E-state index contributed by atoms with van der Waals surface area (Å²) in [5.74, 6) is 0. The fourth-order valence-electron chi connectivity index (χ4n) is 1.65. The molecule has 0 bridgehead atoms. The van der Waals surface area contributed by atoms with Crippen molar-refractivity contribution in [3.63, 3.8) is 0 Å². The van der Waals surface area contributed by atoms with Crippen molar-refractivity contribution in [3.8, 4) is 0 Å². The topological polar surface area (TPSA) is 98.1 Å². The number of nitrogens with one attached hydrogen (secondary N) is 1. The normalized spacial score (nSPS) is 15.8. The van der Waals surface area contributed by atoms with Crippen LogP contribution in [0.4, 0.5) is 0 Å². The van der Waals surface area contributed by atoms with Gasteiger partial charge in [0.05, 0.1) is 5.69 Å². The van der Waals surface area contributed by atoms with Crippen LogP contribution in [0.25, 0.3) is 0 Å². The Morgan fingerprint density at radius 1 is 1.50 bits per heavy atom. The number of H-pyrrole nitrogens is 1. The number of aryl methyl sites for hydroxylation is 1. The standard InChI is InChI=1S/C7H11N3O3S/c8-14(11,12)13-4-7-5-2-1-3-6(5)9-10-7/h1-4H2,(H,9,10)(H2,8,11,12). The molecule has 0 atom stereocenters. The van der Waals surface area contributed by atoms with Crippen molar-refractivity contribution in [1.29, 1.82) is 0 Å². The molecule has 78 valence electrons. The molecular weight excluding hydrogens is 206 g/mol.